The average Bonchev–Trinajstić information content (AvgIpc) is 3.20. The highest BCUT2D eigenvalue weighted by Gasteiger charge is 2.34. The number of piperazine rings is 1. The summed E-state index contributed by atoms with van der Waals surface area (Å²) in [5, 5.41) is 4.59. The van der Waals surface area contributed by atoms with Gasteiger partial charge in [0.2, 0.25) is 10.0 Å². The van der Waals surface area contributed by atoms with Crippen molar-refractivity contribution in [1.29, 1.82) is 0 Å². The van der Waals surface area contributed by atoms with Gasteiger partial charge in [-0.3, -0.25) is 4.68 Å². The molecule has 2 saturated heterocycles. The van der Waals surface area contributed by atoms with Crippen molar-refractivity contribution in [3.8, 4) is 0 Å². The summed E-state index contributed by atoms with van der Waals surface area (Å²) in [5.74, 6) is -0.472. The fourth-order valence-corrected chi connectivity index (χ4v) is 7.56. The third-order valence-electron chi connectivity index (χ3n) is 5.85. The third-order valence-corrected chi connectivity index (χ3v) is 9.53. The molecule has 0 amide bonds. The zero-order chi connectivity index (χ0) is 21.7. The van der Waals surface area contributed by atoms with Crippen molar-refractivity contribution >= 4 is 25.5 Å². The SMILES string of the molecule is Cc1nn(C2CCS(=O)(=O)C2)c(C)c1N1CCN(S(=O)(=O)c2ccccc2F)CC1. The van der Waals surface area contributed by atoms with Crippen LogP contribution >= 0.6 is 0 Å². The first-order valence-electron chi connectivity index (χ1n) is 9.86. The molecule has 0 bridgehead atoms. The summed E-state index contributed by atoms with van der Waals surface area (Å²) in [5.41, 5.74) is 2.60. The van der Waals surface area contributed by atoms with Crippen LogP contribution in [0.2, 0.25) is 0 Å². The molecular formula is C19H25FN4O4S2. The van der Waals surface area contributed by atoms with Crippen LogP contribution in [-0.2, 0) is 19.9 Å². The van der Waals surface area contributed by atoms with Crippen LogP contribution < -0.4 is 4.90 Å². The molecule has 0 N–H and O–H groups in total. The van der Waals surface area contributed by atoms with E-state index in [2.05, 4.69) is 10.00 Å². The number of hydrogen-bond donors (Lipinski definition) is 0. The van der Waals surface area contributed by atoms with Crippen LogP contribution in [0, 0.1) is 19.7 Å². The lowest BCUT2D eigenvalue weighted by atomic mass is 10.2. The molecule has 30 heavy (non-hydrogen) atoms. The molecule has 2 aromatic rings. The minimum absolute atomic E-state index is 0.100. The Hall–Kier alpha value is -1.98. The molecule has 2 aliphatic rings. The zero-order valence-electron chi connectivity index (χ0n) is 17.0. The summed E-state index contributed by atoms with van der Waals surface area (Å²) in [6.07, 6.45) is 0.554. The highest BCUT2D eigenvalue weighted by Crippen LogP contribution is 2.32. The quantitative estimate of drug-likeness (QED) is 0.693. The largest absolute Gasteiger partial charge is 0.366 e. The fraction of sp³-hybridized carbons (Fsp3) is 0.526. The molecule has 1 aromatic carbocycles. The van der Waals surface area contributed by atoms with Gasteiger partial charge in [0.05, 0.1) is 34.6 Å². The maximum Gasteiger partial charge on any atom is 0.246 e. The average molecular weight is 457 g/mol. The maximum atomic E-state index is 14.0. The van der Waals surface area contributed by atoms with Gasteiger partial charge < -0.3 is 4.90 Å². The number of sulfone groups is 1. The highest BCUT2D eigenvalue weighted by atomic mass is 32.2. The van der Waals surface area contributed by atoms with E-state index in [1.54, 1.807) is 4.68 Å². The van der Waals surface area contributed by atoms with Crippen molar-refractivity contribution in [2.24, 2.45) is 0 Å². The van der Waals surface area contributed by atoms with Gasteiger partial charge in [0.15, 0.2) is 9.84 Å². The first-order chi connectivity index (χ1) is 14.1. The van der Waals surface area contributed by atoms with Crippen LogP contribution in [0.1, 0.15) is 23.9 Å². The van der Waals surface area contributed by atoms with E-state index in [1.807, 2.05) is 13.8 Å². The van der Waals surface area contributed by atoms with Gasteiger partial charge in [0, 0.05) is 26.2 Å². The Morgan fingerprint density at radius 2 is 1.77 bits per heavy atom. The zero-order valence-corrected chi connectivity index (χ0v) is 18.6. The molecule has 0 radical (unpaired) electrons. The van der Waals surface area contributed by atoms with Crippen molar-refractivity contribution in [2.45, 2.75) is 31.2 Å². The summed E-state index contributed by atoms with van der Waals surface area (Å²) in [4.78, 5) is 1.77. The van der Waals surface area contributed by atoms with E-state index in [1.165, 1.54) is 22.5 Å². The highest BCUT2D eigenvalue weighted by molar-refractivity contribution is 7.91. The molecule has 0 aliphatic carbocycles. The van der Waals surface area contributed by atoms with E-state index in [0.29, 0.717) is 19.5 Å². The van der Waals surface area contributed by atoms with E-state index in [-0.39, 0.29) is 35.5 Å². The van der Waals surface area contributed by atoms with Crippen molar-refractivity contribution in [3.63, 3.8) is 0 Å². The van der Waals surface area contributed by atoms with E-state index in [0.717, 1.165) is 23.1 Å². The van der Waals surface area contributed by atoms with Gasteiger partial charge in [-0.15, -0.1) is 0 Å². The van der Waals surface area contributed by atoms with Crippen molar-refractivity contribution in [1.82, 2.24) is 14.1 Å². The number of halogens is 1. The van der Waals surface area contributed by atoms with E-state index in [9.17, 15) is 21.2 Å². The fourth-order valence-electron chi connectivity index (χ4n) is 4.38. The van der Waals surface area contributed by atoms with Crippen LogP contribution in [0.4, 0.5) is 10.1 Å². The molecule has 0 spiro atoms. The summed E-state index contributed by atoms with van der Waals surface area (Å²) in [6, 6.07) is 5.24. The molecule has 2 aliphatic heterocycles. The molecule has 8 nitrogen and oxygen atoms in total. The molecule has 1 unspecified atom stereocenters. The van der Waals surface area contributed by atoms with Gasteiger partial charge in [0.25, 0.3) is 0 Å². The predicted octanol–water partition coefficient (Wildman–Crippen LogP) is 1.51. The predicted molar refractivity (Wildman–Crippen MR) is 111 cm³/mol. The molecule has 3 heterocycles. The van der Waals surface area contributed by atoms with Gasteiger partial charge in [-0.2, -0.15) is 9.40 Å². The Morgan fingerprint density at radius 3 is 2.37 bits per heavy atom. The van der Waals surface area contributed by atoms with Gasteiger partial charge in [0.1, 0.15) is 10.7 Å². The monoisotopic (exact) mass is 456 g/mol. The summed E-state index contributed by atoms with van der Waals surface area (Å²) in [6.45, 7) is 5.17. The van der Waals surface area contributed by atoms with Crippen LogP contribution in [0.3, 0.4) is 0 Å². The van der Waals surface area contributed by atoms with Gasteiger partial charge in [-0.05, 0) is 32.4 Å². The van der Waals surface area contributed by atoms with Gasteiger partial charge in [-0.25, -0.2) is 21.2 Å². The number of hydrogen-bond acceptors (Lipinski definition) is 6. The number of anilines is 1. The number of sulfonamides is 1. The van der Waals surface area contributed by atoms with Crippen LogP contribution in [0.5, 0.6) is 0 Å². The maximum absolute atomic E-state index is 14.0. The number of aryl methyl sites for hydroxylation is 1. The molecular weight excluding hydrogens is 431 g/mol. The Labute approximate surface area is 176 Å². The lowest BCUT2D eigenvalue weighted by molar-refractivity contribution is 0.382. The van der Waals surface area contributed by atoms with E-state index in [4.69, 9.17) is 0 Å². The number of aromatic nitrogens is 2. The number of rotatable bonds is 4. The second-order valence-electron chi connectivity index (χ2n) is 7.84. The van der Waals surface area contributed by atoms with Gasteiger partial charge >= 0.3 is 0 Å². The summed E-state index contributed by atoms with van der Waals surface area (Å²) >= 11 is 0. The first-order valence-corrected chi connectivity index (χ1v) is 13.1. The molecule has 2 fully saturated rings. The Morgan fingerprint density at radius 1 is 1.10 bits per heavy atom. The molecule has 164 valence electrons. The molecule has 1 aromatic heterocycles. The van der Waals surface area contributed by atoms with E-state index >= 15 is 0 Å². The molecule has 1 atom stereocenters. The number of nitrogens with zero attached hydrogens (tertiary/aromatic N) is 4. The Bertz CT molecular complexity index is 1170. The first kappa shape index (κ1) is 21.3. The standard InChI is InChI=1S/C19H25FN4O4S2/c1-14-19(15(2)24(21-14)16-7-12-29(25,26)13-16)22-8-10-23(11-9-22)30(27,28)18-6-4-3-5-17(18)20/h3-6,16H,7-13H2,1-2H3. The summed E-state index contributed by atoms with van der Waals surface area (Å²) < 4.78 is 66.5. The van der Waals surface area contributed by atoms with Crippen molar-refractivity contribution in [3.05, 3.63) is 41.5 Å². The topological polar surface area (TPSA) is 92.6 Å². The second kappa shape index (κ2) is 7.61. The van der Waals surface area contributed by atoms with Crippen LogP contribution in [0.15, 0.2) is 29.2 Å². The number of benzene rings is 1. The normalized spacial score (nSPS) is 22.5. The smallest absolute Gasteiger partial charge is 0.246 e. The Kier molecular flexibility index (Phi) is 5.39. The van der Waals surface area contributed by atoms with Gasteiger partial charge in [-0.1, -0.05) is 12.1 Å². The van der Waals surface area contributed by atoms with Crippen LogP contribution in [-0.4, -0.2) is 68.6 Å². The molecule has 11 heteroatoms. The van der Waals surface area contributed by atoms with Crippen LogP contribution in [0.25, 0.3) is 0 Å². The summed E-state index contributed by atoms with van der Waals surface area (Å²) in [7, 11) is -6.92. The minimum Gasteiger partial charge on any atom is -0.366 e. The second-order valence-corrected chi connectivity index (χ2v) is 12.0. The Balaban J connectivity index is 1.52. The molecule has 4 rings (SSSR count). The van der Waals surface area contributed by atoms with E-state index < -0.39 is 25.7 Å². The lowest BCUT2D eigenvalue weighted by Gasteiger charge is -2.35. The molecule has 0 saturated carbocycles. The minimum atomic E-state index is -3.90. The van der Waals surface area contributed by atoms with Crippen molar-refractivity contribution in [2.75, 3.05) is 42.6 Å². The lowest BCUT2D eigenvalue weighted by Crippen LogP contribution is -2.49. The third kappa shape index (κ3) is 3.74. The van der Waals surface area contributed by atoms with Crippen molar-refractivity contribution < 1.29 is 21.2 Å².